The van der Waals surface area contributed by atoms with Crippen molar-refractivity contribution in [3.63, 3.8) is 0 Å². The molecule has 0 fully saturated rings. The molecule has 24 heavy (non-hydrogen) atoms. The van der Waals surface area contributed by atoms with Gasteiger partial charge in [0.1, 0.15) is 18.0 Å². The van der Waals surface area contributed by atoms with E-state index in [4.69, 9.17) is 9.47 Å². The number of carbonyl (C=O) groups is 1. The van der Waals surface area contributed by atoms with Gasteiger partial charge in [-0.25, -0.2) is 0 Å². The minimum atomic E-state index is -1.03. The van der Waals surface area contributed by atoms with E-state index >= 15 is 0 Å². The first-order valence-corrected chi connectivity index (χ1v) is 8.00. The lowest BCUT2D eigenvalue weighted by molar-refractivity contribution is -0.139. The predicted molar refractivity (Wildman–Crippen MR) is 91.1 cm³/mol. The number of ether oxygens (including phenoxy) is 2. The maximum Gasteiger partial charge on any atom is 0.325 e. The molecule has 2 unspecified atom stereocenters. The van der Waals surface area contributed by atoms with Crippen molar-refractivity contribution in [3.8, 4) is 5.75 Å². The smallest absolute Gasteiger partial charge is 0.325 e. The third-order valence-electron chi connectivity index (χ3n) is 3.68. The summed E-state index contributed by atoms with van der Waals surface area (Å²) in [6.07, 6.45) is 1.30. The fourth-order valence-corrected chi connectivity index (χ4v) is 2.38. The molecule has 0 aliphatic heterocycles. The number of phenolic OH excluding ortho intramolecular Hbond substituents is 1. The summed E-state index contributed by atoms with van der Waals surface area (Å²) in [5.41, 5.74) is 1.26. The molecule has 0 aliphatic rings. The zero-order valence-corrected chi connectivity index (χ0v) is 14.5. The number of benzene rings is 1. The van der Waals surface area contributed by atoms with Crippen molar-refractivity contribution < 1.29 is 24.5 Å². The minimum absolute atomic E-state index is 0.0264. The number of nitrogens with one attached hydrogen (secondary N) is 2. The Labute approximate surface area is 143 Å². The van der Waals surface area contributed by atoms with Crippen LogP contribution < -0.4 is 10.6 Å². The summed E-state index contributed by atoms with van der Waals surface area (Å²) < 4.78 is 10.3. The molecule has 0 aliphatic carbocycles. The molecule has 1 aromatic rings. The van der Waals surface area contributed by atoms with E-state index in [1.807, 2.05) is 6.92 Å². The lowest BCUT2D eigenvalue weighted by atomic mass is 10.0. The molecule has 0 radical (unpaired) electrons. The van der Waals surface area contributed by atoms with Gasteiger partial charge in [-0.2, -0.15) is 0 Å². The van der Waals surface area contributed by atoms with Crippen LogP contribution in [0.3, 0.4) is 0 Å². The molecule has 0 bridgehead atoms. The van der Waals surface area contributed by atoms with Crippen LogP contribution in [0.4, 0.5) is 0 Å². The summed E-state index contributed by atoms with van der Waals surface area (Å²) in [7, 11) is 3.26. The Balaban J connectivity index is 2.54. The van der Waals surface area contributed by atoms with Gasteiger partial charge >= 0.3 is 5.97 Å². The highest BCUT2D eigenvalue weighted by Gasteiger charge is 2.22. The van der Waals surface area contributed by atoms with Crippen molar-refractivity contribution in [2.45, 2.75) is 32.0 Å². The van der Waals surface area contributed by atoms with E-state index in [0.717, 1.165) is 18.5 Å². The van der Waals surface area contributed by atoms with Crippen molar-refractivity contribution in [1.82, 2.24) is 10.6 Å². The number of aliphatic carboxylic acids is 1. The summed E-state index contributed by atoms with van der Waals surface area (Å²) in [4.78, 5) is 11.5. The van der Waals surface area contributed by atoms with Crippen molar-refractivity contribution in [3.05, 3.63) is 29.3 Å². The van der Waals surface area contributed by atoms with Gasteiger partial charge in [-0.15, -0.1) is 0 Å². The third kappa shape index (κ3) is 6.84. The number of hydrogen-bond acceptors (Lipinski definition) is 6. The molecule has 2 atom stereocenters. The van der Waals surface area contributed by atoms with Crippen molar-refractivity contribution in [2.24, 2.45) is 0 Å². The van der Waals surface area contributed by atoms with Crippen LogP contribution in [0, 0.1) is 6.92 Å². The first kappa shape index (κ1) is 20.4. The topological polar surface area (TPSA) is 100 Å². The van der Waals surface area contributed by atoms with Crippen LogP contribution in [0.2, 0.25) is 0 Å². The standard InChI is InChI=1S/C17H28N2O5/c1-12-5-6-14(20)13(11-12)16(17(21)22)19-9-7-15(24-3)18-8-4-10-23-2/h5-6,11,15-16,18-20H,4,7-10H2,1-3H3,(H,21,22). The lowest BCUT2D eigenvalue weighted by Gasteiger charge is -2.20. The summed E-state index contributed by atoms with van der Waals surface area (Å²) >= 11 is 0. The second-order valence-corrected chi connectivity index (χ2v) is 5.60. The van der Waals surface area contributed by atoms with Gasteiger partial charge in [0, 0.05) is 32.9 Å². The highest BCUT2D eigenvalue weighted by Crippen LogP contribution is 2.25. The maximum absolute atomic E-state index is 11.5. The minimum Gasteiger partial charge on any atom is -0.508 e. The molecule has 0 heterocycles. The van der Waals surface area contributed by atoms with E-state index in [9.17, 15) is 15.0 Å². The monoisotopic (exact) mass is 340 g/mol. The molecule has 0 saturated carbocycles. The number of carboxylic acids is 1. The van der Waals surface area contributed by atoms with Gasteiger partial charge in [0.25, 0.3) is 0 Å². The Kier molecular flexibility index (Phi) is 9.33. The van der Waals surface area contributed by atoms with Gasteiger partial charge in [-0.3, -0.25) is 10.1 Å². The summed E-state index contributed by atoms with van der Waals surface area (Å²) in [5, 5.41) is 25.5. The zero-order valence-electron chi connectivity index (χ0n) is 14.5. The van der Waals surface area contributed by atoms with Crippen molar-refractivity contribution >= 4 is 5.97 Å². The van der Waals surface area contributed by atoms with Gasteiger partial charge in [-0.1, -0.05) is 17.7 Å². The molecule has 1 rings (SSSR count). The van der Waals surface area contributed by atoms with Crippen LogP contribution in [0.15, 0.2) is 18.2 Å². The first-order valence-electron chi connectivity index (χ1n) is 8.00. The SMILES string of the molecule is COCCCNC(CCNC(C(=O)O)c1cc(C)ccc1O)OC. The maximum atomic E-state index is 11.5. The van der Waals surface area contributed by atoms with Crippen LogP contribution in [0.5, 0.6) is 5.75 Å². The zero-order chi connectivity index (χ0) is 17.9. The second-order valence-electron chi connectivity index (χ2n) is 5.60. The Hall–Kier alpha value is -1.67. The number of aryl methyl sites for hydroxylation is 1. The average molecular weight is 340 g/mol. The summed E-state index contributed by atoms with van der Waals surface area (Å²) in [5.74, 6) is -1.06. The molecule has 0 aromatic heterocycles. The van der Waals surface area contributed by atoms with E-state index in [0.29, 0.717) is 25.1 Å². The second kappa shape index (κ2) is 11.0. The molecule has 0 saturated heterocycles. The Morgan fingerprint density at radius 3 is 2.62 bits per heavy atom. The number of phenols is 1. The molecule has 0 spiro atoms. The average Bonchev–Trinajstić information content (AvgIpc) is 2.55. The molecule has 7 nitrogen and oxygen atoms in total. The molecule has 4 N–H and O–H groups in total. The van der Waals surface area contributed by atoms with Crippen LogP contribution in [0.1, 0.15) is 30.0 Å². The van der Waals surface area contributed by atoms with Gasteiger partial charge < -0.3 is 25.0 Å². The normalized spacial score (nSPS) is 13.6. The van der Waals surface area contributed by atoms with Gasteiger partial charge in [0.15, 0.2) is 0 Å². The Bertz CT molecular complexity index is 510. The quantitative estimate of drug-likeness (QED) is 0.337. The van der Waals surface area contributed by atoms with E-state index in [2.05, 4.69) is 10.6 Å². The molecule has 1 aromatic carbocycles. The van der Waals surface area contributed by atoms with Gasteiger partial charge in [0.2, 0.25) is 0 Å². The summed E-state index contributed by atoms with van der Waals surface area (Å²) in [6, 6.07) is 3.97. The van der Waals surface area contributed by atoms with Gasteiger partial charge in [0.05, 0.1) is 0 Å². The van der Waals surface area contributed by atoms with E-state index < -0.39 is 12.0 Å². The summed E-state index contributed by atoms with van der Waals surface area (Å²) in [6.45, 7) is 3.72. The van der Waals surface area contributed by atoms with Crippen molar-refractivity contribution in [1.29, 1.82) is 0 Å². The largest absolute Gasteiger partial charge is 0.508 e. The number of aromatic hydroxyl groups is 1. The highest BCUT2D eigenvalue weighted by molar-refractivity contribution is 5.76. The highest BCUT2D eigenvalue weighted by atomic mass is 16.5. The van der Waals surface area contributed by atoms with Crippen LogP contribution in [-0.4, -0.2) is 56.3 Å². The molecular weight excluding hydrogens is 312 g/mol. The molecule has 0 amide bonds. The predicted octanol–water partition coefficient (Wildman–Crippen LogP) is 1.40. The number of carboxylic acid groups (broad SMARTS) is 1. The van der Waals surface area contributed by atoms with Gasteiger partial charge in [-0.05, 0) is 32.4 Å². The number of rotatable bonds is 12. The van der Waals surface area contributed by atoms with E-state index in [-0.39, 0.29) is 12.0 Å². The number of hydrogen-bond donors (Lipinski definition) is 4. The third-order valence-corrected chi connectivity index (χ3v) is 3.68. The molecule has 136 valence electrons. The van der Waals surface area contributed by atoms with Crippen LogP contribution in [0.25, 0.3) is 0 Å². The fraction of sp³-hybridized carbons (Fsp3) is 0.588. The van der Waals surface area contributed by atoms with Crippen LogP contribution >= 0.6 is 0 Å². The fourth-order valence-electron chi connectivity index (χ4n) is 2.38. The van der Waals surface area contributed by atoms with E-state index in [1.165, 1.54) is 6.07 Å². The Morgan fingerprint density at radius 2 is 2.00 bits per heavy atom. The van der Waals surface area contributed by atoms with Crippen LogP contribution in [-0.2, 0) is 14.3 Å². The molecule has 7 heteroatoms. The molecular formula is C17H28N2O5. The van der Waals surface area contributed by atoms with E-state index in [1.54, 1.807) is 26.4 Å². The Morgan fingerprint density at radius 1 is 1.25 bits per heavy atom. The number of methoxy groups -OCH3 is 2. The lowest BCUT2D eigenvalue weighted by Crippen LogP contribution is -2.37. The first-order chi connectivity index (χ1) is 11.5. The van der Waals surface area contributed by atoms with Crippen molar-refractivity contribution in [2.75, 3.05) is 33.9 Å².